The van der Waals surface area contributed by atoms with Gasteiger partial charge in [0, 0.05) is 11.8 Å². The van der Waals surface area contributed by atoms with Gasteiger partial charge < -0.3 is 19.7 Å². The van der Waals surface area contributed by atoms with Crippen LogP contribution in [-0.4, -0.2) is 44.7 Å². The van der Waals surface area contributed by atoms with E-state index >= 15 is 0 Å². The highest BCUT2D eigenvalue weighted by molar-refractivity contribution is 5.50. The number of aliphatic hydroxyl groups excluding tert-OH is 2. The average molecular weight is 268 g/mol. The third-order valence-electron chi connectivity index (χ3n) is 3.34. The first-order valence-electron chi connectivity index (χ1n) is 5.66. The zero-order valence-corrected chi connectivity index (χ0v) is 10.0. The second-order valence-electron chi connectivity index (χ2n) is 4.63. The molecule has 3 N–H and O–H groups in total. The number of fused-ring (bicyclic) bond motifs is 2. The number of ether oxygens (including phenoxy) is 2. The van der Waals surface area contributed by atoms with Crippen molar-refractivity contribution in [3.63, 3.8) is 0 Å². The van der Waals surface area contributed by atoms with E-state index in [0.717, 1.165) is 4.57 Å². The molecule has 1 fully saturated rings. The zero-order valence-electron chi connectivity index (χ0n) is 10.0. The molecule has 19 heavy (non-hydrogen) atoms. The molecule has 1 aromatic rings. The van der Waals surface area contributed by atoms with E-state index in [2.05, 4.69) is 4.98 Å². The standard InChI is InChI=1S/C11H12N2O6/c1-5-2-13(10(17)12-8(5)16)9-6-7(15)11(3-14,19-9)4-18-6/h2,7,14-15H,3-4H2,1H3,(H,12,16,17). The Morgan fingerprint density at radius 3 is 2.95 bits per heavy atom. The molecule has 2 aliphatic heterocycles. The normalized spacial score (nSPS) is 28.5. The van der Waals surface area contributed by atoms with Crippen molar-refractivity contribution in [1.82, 2.24) is 9.55 Å². The van der Waals surface area contributed by atoms with Crippen LogP contribution in [0.4, 0.5) is 0 Å². The second-order valence-corrected chi connectivity index (χ2v) is 4.63. The van der Waals surface area contributed by atoms with Gasteiger partial charge in [-0.05, 0) is 6.92 Å². The number of aromatic nitrogens is 2. The van der Waals surface area contributed by atoms with Crippen LogP contribution in [0.2, 0.25) is 0 Å². The first-order valence-corrected chi connectivity index (χ1v) is 5.66. The van der Waals surface area contributed by atoms with Gasteiger partial charge in [0.15, 0.2) is 11.9 Å². The molecule has 8 heteroatoms. The molecule has 2 unspecified atom stereocenters. The molecule has 0 saturated carbocycles. The number of rotatable bonds is 2. The van der Waals surface area contributed by atoms with Crippen LogP contribution in [0.3, 0.4) is 0 Å². The highest BCUT2D eigenvalue weighted by Gasteiger charge is 2.57. The Balaban J connectivity index is 2.16. The van der Waals surface area contributed by atoms with Crippen LogP contribution in [0, 0.1) is 6.92 Å². The van der Waals surface area contributed by atoms with Gasteiger partial charge in [-0.1, -0.05) is 0 Å². The minimum absolute atomic E-state index is 0.00264. The minimum Gasteiger partial charge on any atom is -0.485 e. The maximum absolute atomic E-state index is 11.7. The van der Waals surface area contributed by atoms with Crippen LogP contribution in [0.25, 0.3) is 5.88 Å². The SMILES string of the molecule is Cc1cn(C2=C3OCC(CO)(O2)C3O)c(=O)[nH]c1=O. The third kappa shape index (κ3) is 1.47. The molecule has 2 bridgehead atoms. The van der Waals surface area contributed by atoms with Crippen molar-refractivity contribution in [2.75, 3.05) is 13.2 Å². The number of H-pyrrole nitrogens is 1. The molecule has 0 amide bonds. The number of hydrogen-bond donors (Lipinski definition) is 3. The van der Waals surface area contributed by atoms with E-state index in [4.69, 9.17) is 9.47 Å². The zero-order chi connectivity index (χ0) is 13.8. The smallest absolute Gasteiger partial charge is 0.335 e. The van der Waals surface area contributed by atoms with Crippen molar-refractivity contribution in [2.24, 2.45) is 0 Å². The Morgan fingerprint density at radius 1 is 1.58 bits per heavy atom. The lowest BCUT2D eigenvalue weighted by atomic mass is 10.0. The molecule has 3 rings (SSSR count). The minimum atomic E-state index is -1.27. The van der Waals surface area contributed by atoms with Gasteiger partial charge in [-0.15, -0.1) is 0 Å². The van der Waals surface area contributed by atoms with Crippen LogP contribution in [-0.2, 0) is 9.47 Å². The van der Waals surface area contributed by atoms with Crippen molar-refractivity contribution in [1.29, 1.82) is 0 Å². The fourth-order valence-electron chi connectivity index (χ4n) is 2.15. The molecule has 8 nitrogen and oxygen atoms in total. The largest absolute Gasteiger partial charge is 0.485 e. The summed E-state index contributed by atoms with van der Waals surface area (Å²) in [7, 11) is 0. The first kappa shape index (κ1) is 12.0. The Bertz CT molecular complexity index is 687. The quantitative estimate of drug-likeness (QED) is 0.578. The Labute approximate surface area is 106 Å². The molecule has 1 aromatic heterocycles. The number of aliphatic hydroxyl groups is 2. The molecule has 2 atom stereocenters. The monoisotopic (exact) mass is 268 g/mol. The van der Waals surface area contributed by atoms with Crippen LogP contribution in [0.1, 0.15) is 5.56 Å². The second kappa shape index (κ2) is 3.72. The van der Waals surface area contributed by atoms with Gasteiger partial charge in [-0.2, -0.15) is 0 Å². The molecule has 0 aromatic carbocycles. The average Bonchev–Trinajstić information content (AvgIpc) is 2.85. The molecule has 0 radical (unpaired) electrons. The van der Waals surface area contributed by atoms with Crippen molar-refractivity contribution < 1.29 is 19.7 Å². The van der Waals surface area contributed by atoms with E-state index in [1.54, 1.807) is 0 Å². The Hall–Kier alpha value is -2.06. The predicted octanol–water partition coefficient (Wildman–Crippen LogP) is -1.88. The first-order chi connectivity index (χ1) is 8.98. The number of hydrogen-bond acceptors (Lipinski definition) is 6. The van der Waals surface area contributed by atoms with E-state index in [1.807, 2.05) is 0 Å². The summed E-state index contributed by atoms with van der Waals surface area (Å²) in [4.78, 5) is 25.2. The highest BCUT2D eigenvalue weighted by Crippen LogP contribution is 2.42. The van der Waals surface area contributed by atoms with Crippen LogP contribution in [0.5, 0.6) is 0 Å². The van der Waals surface area contributed by atoms with E-state index < -0.39 is 29.6 Å². The van der Waals surface area contributed by atoms with Crippen molar-refractivity contribution >= 4 is 5.88 Å². The summed E-state index contributed by atoms with van der Waals surface area (Å²) in [5.41, 5.74) is -2.15. The molecule has 0 spiro atoms. The third-order valence-corrected chi connectivity index (χ3v) is 3.34. The summed E-state index contributed by atoms with van der Waals surface area (Å²) in [6, 6.07) is 0. The van der Waals surface area contributed by atoms with Gasteiger partial charge in [0.25, 0.3) is 5.56 Å². The van der Waals surface area contributed by atoms with Gasteiger partial charge in [0.1, 0.15) is 6.61 Å². The molecule has 3 heterocycles. The van der Waals surface area contributed by atoms with Crippen molar-refractivity contribution in [2.45, 2.75) is 18.6 Å². The number of nitrogens with zero attached hydrogens (tertiary/aromatic N) is 1. The fraction of sp³-hybridized carbons (Fsp3) is 0.455. The van der Waals surface area contributed by atoms with Gasteiger partial charge >= 0.3 is 5.69 Å². The number of aromatic amines is 1. The van der Waals surface area contributed by atoms with Gasteiger partial charge in [0.05, 0.1) is 6.61 Å². The van der Waals surface area contributed by atoms with E-state index in [0.29, 0.717) is 5.56 Å². The Kier molecular flexibility index (Phi) is 2.35. The van der Waals surface area contributed by atoms with Crippen LogP contribution in [0.15, 0.2) is 21.5 Å². The lowest BCUT2D eigenvalue weighted by Gasteiger charge is -2.26. The summed E-state index contributed by atoms with van der Waals surface area (Å²) in [6.45, 7) is 1.10. The predicted molar refractivity (Wildman–Crippen MR) is 62.1 cm³/mol. The van der Waals surface area contributed by atoms with Gasteiger partial charge in [0.2, 0.25) is 11.5 Å². The summed E-state index contributed by atoms with van der Waals surface area (Å²) in [6.07, 6.45) is 0.164. The van der Waals surface area contributed by atoms with E-state index in [9.17, 15) is 19.8 Å². The fourth-order valence-corrected chi connectivity index (χ4v) is 2.15. The molecular formula is C11H12N2O6. The molecule has 102 valence electrons. The lowest BCUT2D eigenvalue weighted by Crippen LogP contribution is -2.44. The van der Waals surface area contributed by atoms with Gasteiger partial charge in [-0.25, -0.2) is 9.36 Å². The molecular weight excluding hydrogens is 256 g/mol. The van der Waals surface area contributed by atoms with Gasteiger partial charge in [-0.3, -0.25) is 9.78 Å². The number of nitrogens with one attached hydrogen (secondary N) is 1. The van der Waals surface area contributed by atoms with Crippen molar-refractivity contribution in [3.8, 4) is 0 Å². The lowest BCUT2D eigenvalue weighted by molar-refractivity contribution is -0.0719. The summed E-state index contributed by atoms with van der Waals surface area (Å²) in [5.74, 6) is 0.0831. The highest BCUT2D eigenvalue weighted by atomic mass is 16.6. The maximum atomic E-state index is 11.7. The summed E-state index contributed by atoms with van der Waals surface area (Å²) < 4.78 is 11.8. The molecule has 1 saturated heterocycles. The molecule has 0 aliphatic carbocycles. The topological polar surface area (TPSA) is 114 Å². The van der Waals surface area contributed by atoms with E-state index in [1.165, 1.54) is 13.1 Å². The number of aryl methyl sites for hydroxylation is 1. The summed E-state index contributed by atoms with van der Waals surface area (Å²) in [5, 5.41) is 19.3. The van der Waals surface area contributed by atoms with Crippen molar-refractivity contribution in [3.05, 3.63) is 38.4 Å². The summed E-state index contributed by atoms with van der Waals surface area (Å²) >= 11 is 0. The van der Waals surface area contributed by atoms with E-state index in [-0.39, 0.29) is 18.2 Å². The van der Waals surface area contributed by atoms with Crippen LogP contribution >= 0.6 is 0 Å². The van der Waals surface area contributed by atoms with Crippen LogP contribution < -0.4 is 11.2 Å². The Morgan fingerprint density at radius 2 is 2.32 bits per heavy atom. The maximum Gasteiger partial charge on any atom is 0.335 e. The molecule has 2 aliphatic rings.